The van der Waals surface area contributed by atoms with Crippen molar-refractivity contribution in [2.45, 2.75) is 51.4 Å². The Morgan fingerprint density at radius 2 is 1.64 bits per heavy atom. The van der Waals surface area contributed by atoms with Gasteiger partial charge < -0.3 is 25.3 Å². The van der Waals surface area contributed by atoms with Crippen molar-refractivity contribution >= 4 is 28.9 Å². The van der Waals surface area contributed by atoms with Crippen molar-refractivity contribution in [3.05, 3.63) is 130 Å². The lowest BCUT2D eigenvalue weighted by molar-refractivity contribution is -0.130. The molecule has 1 heterocycles. The number of nitrogens with zero attached hydrogens (tertiary/aromatic N) is 2. The Hall–Kier alpha value is -5.18. The van der Waals surface area contributed by atoms with E-state index in [1.54, 1.807) is 18.0 Å². The summed E-state index contributed by atoms with van der Waals surface area (Å²) in [4.78, 5) is 44.9. The first-order chi connectivity index (χ1) is 21.3. The first-order valence-corrected chi connectivity index (χ1v) is 14.7. The predicted molar refractivity (Wildman–Crippen MR) is 172 cm³/mol. The molecule has 226 valence electrons. The second kappa shape index (κ2) is 13.9. The maximum absolute atomic E-state index is 13.2. The smallest absolute Gasteiger partial charge is 0.348 e. The average Bonchev–Trinajstić information content (AvgIpc) is 3.03. The molecule has 0 aliphatic heterocycles. The van der Waals surface area contributed by atoms with Gasteiger partial charge in [0.2, 0.25) is 5.91 Å². The Balaban J connectivity index is 1.25. The zero-order chi connectivity index (χ0) is 30.9. The SMILES string of the molecule is Cc1c(CNC(=O)NCc2ccccc2)ccc2nc(N[C@]3(CCC(=O)N(C)Cc4ccccc4)C=CC=CC3)oc(=O)c12. The topological polar surface area (TPSA) is 117 Å². The van der Waals surface area contributed by atoms with E-state index in [1.807, 2.05) is 98.0 Å². The van der Waals surface area contributed by atoms with Crippen LogP contribution in [0, 0.1) is 6.92 Å². The Morgan fingerprint density at radius 3 is 2.34 bits per heavy atom. The molecule has 0 saturated carbocycles. The molecule has 3 N–H and O–H groups in total. The van der Waals surface area contributed by atoms with Gasteiger partial charge >= 0.3 is 11.7 Å². The molecule has 5 rings (SSSR count). The first-order valence-electron chi connectivity index (χ1n) is 14.7. The van der Waals surface area contributed by atoms with E-state index in [0.29, 0.717) is 48.8 Å². The summed E-state index contributed by atoms with van der Waals surface area (Å²) in [7, 11) is 1.80. The maximum Gasteiger partial charge on any atom is 0.348 e. The van der Waals surface area contributed by atoms with Gasteiger partial charge in [-0.25, -0.2) is 9.59 Å². The van der Waals surface area contributed by atoms with Gasteiger partial charge in [-0.15, -0.1) is 0 Å². The molecule has 3 aromatic carbocycles. The Bertz CT molecular complexity index is 1730. The molecule has 44 heavy (non-hydrogen) atoms. The molecule has 4 aromatic rings. The summed E-state index contributed by atoms with van der Waals surface area (Å²) >= 11 is 0. The number of urea groups is 1. The van der Waals surface area contributed by atoms with E-state index in [9.17, 15) is 14.4 Å². The van der Waals surface area contributed by atoms with E-state index >= 15 is 0 Å². The Kier molecular flexibility index (Phi) is 9.54. The summed E-state index contributed by atoms with van der Waals surface area (Å²) in [6.07, 6.45) is 9.29. The van der Waals surface area contributed by atoms with Gasteiger partial charge in [0.15, 0.2) is 0 Å². The number of rotatable bonds is 11. The minimum absolute atomic E-state index is 0.0245. The van der Waals surface area contributed by atoms with Crippen LogP contribution in [0.5, 0.6) is 0 Å². The second-order valence-electron chi connectivity index (χ2n) is 11.1. The van der Waals surface area contributed by atoms with Gasteiger partial charge in [-0.2, -0.15) is 4.98 Å². The van der Waals surface area contributed by atoms with E-state index < -0.39 is 11.2 Å². The zero-order valence-corrected chi connectivity index (χ0v) is 25.0. The fourth-order valence-corrected chi connectivity index (χ4v) is 5.31. The van der Waals surface area contributed by atoms with Crippen LogP contribution >= 0.6 is 0 Å². The minimum Gasteiger partial charge on any atom is -0.389 e. The molecule has 3 amide bonds. The third-order valence-electron chi connectivity index (χ3n) is 7.88. The largest absolute Gasteiger partial charge is 0.389 e. The molecular formula is C35H37N5O4. The number of hydrogen-bond donors (Lipinski definition) is 3. The van der Waals surface area contributed by atoms with Crippen LogP contribution in [0.3, 0.4) is 0 Å². The van der Waals surface area contributed by atoms with Crippen LogP contribution in [-0.2, 0) is 24.4 Å². The summed E-state index contributed by atoms with van der Waals surface area (Å²) < 4.78 is 5.67. The number of aromatic nitrogens is 1. The number of anilines is 1. The lowest BCUT2D eigenvalue weighted by Crippen LogP contribution is -2.39. The monoisotopic (exact) mass is 591 g/mol. The van der Waals surface area contributed by atoms with E-state index in [1.165, 1.54) is 0 Å². The molecule has 0 radical (unpaired) electrons. The van der Waals surface area contributed by atoms with E-state index in [4.69, 9.17) is 4.42 Å². The number of fused-ring (bicyclic) bond motifs is 1. The second-order valence-corrected chi connectivity index (χ2v) is 11.1. The number of nitrogens with one attached hydrogen (secondary N) is 3. The standard InChI is InChI=1S/C35H37N5O4/c1-25-28(23-37-33(43)36-22-26-12-6-3-7-13-26)16-17-29-31(25)32(42)44-34(38-29)39-35(19-10-5-11-20-35)21-18-30(41)40(2)24-27-14-8-4-9-15-27/h3-17,19H,18,20-24H2,1-2H3,(H,38,39)(H2,36,37,43)/t35-/m1/s1. The quantitative estimate of drug-likeness (QED) is 0.209. The van der Waals surface area contributed by atoms with Gasteiger partial charge in [-0.05, 0) is 48.1 Å². The Morgan fingerprint density at radius 1 is 0.932 bits per heavy atom. The highest BCUT2D eigenvalue weighted by molar-refractivity contribution is 5.83. The number of hydrogen-bond acceptors (Lipinski definition) is 6. The van der Waals surface area contributed by atoms with Gasteiger partial charge in [0.25, 0.3) is 6.01 Å². The van der Waals surface area contributed by atoms with Gasteiger partial charge in [-0.1, -0.05) is 91.0 Å². The molecule has 9 heteroatoms. The highest BCUT2D eigenvalue weighted by Crippen LogP contribution is 2.29. The van der Waals surface area contributed by atoms with Gasteiger partial charge in [0.1, 0.15) is 0 Å². The highest BCUT2D eigenvalue weighted by Gasteiger charge is 2.30. The minimum atomic E-state index is -0.638. The van der Waals surface area contributed by atoms with Crippen LogP contribution in [0.4, 0.5) is 10.8 Å². The van der Waals surface area contributed by atoms with Crippen LogP contribution in [0.15, 0.2) is 106 Å². The summed E-state index contributed by atoms with van der Waals surface area (Å²) in [5.74, 6) is 0.0245. The number of carbonyl (C=O) groups excluding carboxylic acids is 2. The molecule has 1 atom stereocenters. The van der Waals surface area contributed by atoms with Crippen molar-refractivity contribution in [2.24, 2.45) is 0 Å². The predicted octanol–water partition coefficient (Wildman–Crippen LogP) is 5.60. The van der Waals surface area contributed by atoms with Crippen molar-refractivity contribution in [1.82, 2.24) is 20.5 Å². The molecule has 1 aromatic heterocycles. The van der Waals surface area contributed by atoms with Gasteiger partial charge in [-0.3, -0.25) is 4.79 Å². The lowest BCUT2D eigenvalue weighted by atomic mass is 9.86. The zero-order valence-electron chi connectivity index (χ0n) is 25.0. The third kappa shape index (κ3) is 7.60. The number of amides is 3. The first kappa shape index (κ1) is 30.3. The summed E-state index contributed by atoms with van der Waals surface area (Å²) in [5.41, 5.74) is 2.89. The van der Waals surface area contributed by atoms with Crippen LogP contribution in [0.1, 0.15) is 41.5 Å². The van der Waals surface area contributed by atoms with Crippen molar-refractivity contribution in [3.8, 4) is 0 Å². The summed E-state index contributed by atoms with van der Waals surface area (Å²) in [5, 5.41) is 9.37. The number of carbonyl (C=O) groups is 2. The fraction of sp³-hybridized carbons (Fsp3) is 0.257. The van der Waals surface area contributed by atoms with Crippen molar-refractivity contribution in [3.63, 3.8) is 0 Å². The number of allylic oxidation sites excluding steroid dienone is 2. The number of benzene rings is 3. The van der Waals surface area contributed by atoms with E-state index in [-0.39, 0.29) is 24.5 Å². The molecule has 1 aliphatic carbocycles. The lowest BCUT2D eigenvalue weighted by Gasteiger charge is -2.32. The van der Waals surface area contributed by atoms with Gasteiger partial charge in [0.05, 0.1) is 16.4 Å². The molecular weight excluding hydrogens is 554 g/mol. The molecule has 9 nitrogen and oxygen atoms in total. The van der Waals surface area contributed by atoms with Crippen LogP contribution in [-0.4, -0.2) is 34.4 Å². The normalized spacial score (nSPS) is 15.6. The van der Waals surface area contributed by atoms with Crippen molar-refractivity contribution < 1.29 is 14.0 Å². The Labute approximate surface area is 256 Å². The maximum atomic E-state index is 13.2. The molecule has 0 saturated heterocycles. The molecule has 1 aliphatic rings. The molecule has 0 unspecified atom stereocenters. The van der Waals surface area contributed by atoms with Crippen LogP contribution in [0.25, 0.3) is 10.9 Å². The van der Waals surface area contributed by atoms with E-state index in [0.717, 1.165) is 16.7 Å². The molecule has 0 bridgehead atoms. The fourth-order valence-electron chi connectivity index (χ4n) is 5.31. The third-order valence-corrected chi connectivity index (χ3v) is 7.88. The van der Waals surface area contributed by atoms with Crippen LogP contribution < -0.4 is 21.6 Å². The highest BCUT2D eigenvalue weighted by atomic mass is 16.4. The summed E-state index contributed by atoms with van der Waals surface area (Å²) in [6.45, 7) is 3.01. The average molecular weight is 592 g/mol. The molecule has 0 spiro atoms. The van der Waals surface area contributed by atoms with E-state index in [2.05, 4.69) is 20.9 Å². The van der Waals surface area contributed by atoms with Crippen molar-refractivity contribution in [2.75, 3.05) is 12.4 Å². The van der Waals surface area contributed by atoms with Gasteiger partial charge in [0, 0.05) is 33.1 Å². The van der Waals surface area contributed by atoms with Crippen LogP contribution in [0.2, 0.25) is 0 Å². The van der Waals surface area contributed by atoms with Crippen molar-refractivity contribution in [1.29, 1.82) is 0 Å². The molecule has 0 fully saturated rings. The number of aryl methyl sites for hydroxylation is 1. The summed E-state index contributed by atoms with van der Waals surface area (Å²) in [6, 6.07) is 22.9.